The Labute approximate surface area is 137 Å². The van der Waals surface area contributed by atoms with Crippen LogP contribution in [0.1, 0.15) is 10.4 Å². The molecule has 2 amide bonds. The quantitative estimate of drug-likeness (QED) is 0.644. The molecule has 1 heterocycles. The number of hydrogen-bond donors (Lipinski definition) is 3. The lowest BCUT2D eigenvalue weighted by molar-refractivity contribution is -0.111. The first kappa shape index (κ1) is 15.5. The fourth-order valence-corrected chi connectivity index (χ4v) is 2.59. The molecule has 24 heavy (non-hydrogen) atoms. The van der Waals surface area contributed by atoms with Gasteiger partial charge in [0.25, 0.3) is 5.91 Å². The number of H-pyrrole nitrogens is 1. The maximum atomic E-state index is 13.9. The van der Waals surface area contributed by atoms with Crippen molar-refractivity contribution in [3.05, 3.63) is 66.6 Å². The van der Waals surface area contributed by atoms with Crippen LogP contribution in [0.3, 0.4) is 0 Å². The number of anilines is 1. The third-order valence-electron chi connectivity index (χ3n) is 3.71. The molecule has 0 spiro atoms. The highest BCUT2D eigenvalue weighted by Gasteiger charge is 2.14. The van der Waals surface area contributed by atoms with Crippen molar-refractivity contribution >= 4 is 28.4 Å². The van der Waals surface area contributed by atoms with E-state index in [2.05, 4.69) is 16.9 Å². The summed E-state index contributed by atoms with van der Waals surface area (Å²) in [7, 11) is 0. The Morgan fingerprint density at radius 2 is 2.00 bits per heavy atom. The Morgan fingerprint density at radius 3 is 2.71 bits per heavy atom. The summed E-state index contributed by atoms with van der Waals surface area (Å²) in [4.78, 5) is 25.9. The lowest BCUT2D eigenvalue weighted by Crippen LogP contribution is -2.11. The van der Waals surface area contributed by atoms with Crippen molar-refractivity contribution in [2.45, 2.75) is 0 Å². The number of fused-ring (bicyclic) bond motifs is 1. The van der Waals surface area contributed by atoms with Crippen molar-refractivity contribution in [1.29, 1.82) is 0 Å². The second-order valence-corrected chi connectivity index (χ2v) is 5.18. The number of nitrogens with one attached hydrogen (secondary N) is 2. The number of aromatic amines is 1. The van der Waals surface area contributed by atoms with E-state index in [1.165, 1.54) is 12.1 Å². The number of nitrogens with two attached hydrogens (primary N) is 1. The SMILES string of the molecule is C=CC(=O)Nc1cc(-c2ccc(C(N)=O)c3[nH]ccc23)ccc1F. The van der Waals surface area contributed by atoms with Gasteiger partial charge in [0.05, 0.1) is 16.8 Å². The first-order valence-electron chi connectivity index (χ1n) is 7.14. The van der Waals surface area contributed by atoms with Crippen LogP contribution in [-0.2, 0) is 4.79 Å². The summed E-state index contributed by atoms with van der Waals surface area (Å²) >= 11 is 0. The molecule has 0 bridgehead atoms. The zero-order valence-corrected chi connectivity index (χ0v) is 12.6. The van der Waals surface area contributed by atoms with Gasteiger partial charge in [-0.2, -0.15) is 0 Å². The molecule has 2 aromatic carbocycles. The van der Waals surface area contributed by atoms with Gasteiger partial charge in [-0.05, 0) is 41.5 Å². The third-order valence-corrected chi connectivity index (χ3v) is 3.71. The number of aromatic nitrogens is 1. The first-order chi connectivity index (χ1) is 11.5. The molecule has 5 nitrogen and oxygen atoms in total. The highest BCUT2D eigenvalue weighted by molar-refractivity contribution is 6.09. The maximum Gasteiger partial charge on any atom is 0.250 e. The van der Waals surface area contributed by atoms with Crippen LogP contribution in [0.5, 0.6) is 0 Å². The number of carbonyl (C=O) groups is 2. The number of amides is 2. The summed E-state index contributed by atoms with van der Waals surface area (Å²) in [6.07, 6.45) is 2.77. The van der Waals surface area contributed by atoms with Crippen molar-refractivity contribution in [2.75, 3.05) is 5.32 Å². The molecule has 0 saturated heterocycles. The van der Waals surface area contributed by atoms with E-state index in [0.29, 0.717) is 16.6 Å². The van der Waals surface area contributed by atoms with E-state index < -0.39 is 17.6 Å². The average Bonchev–Trinajstić information content (AvgIpc) is 3.05. The molecular formula is C18H14FN3O2. The zero-order valence-electron chi connectivity index (χ0n) is 12.6. The number of halogens is 1. The summed E-state index contributed by atoms with van der Waals surface area (Å²) < 4.78 is 13.9. The minimum absolute atomic E-state index is 0.0556. The van der Waals surface area contributed by atoms with Crippen LogP contribution in [0.2, 0.25) is 0 Å². The molecule has 120 valence electrons. The van der Waals surface area contributed by atoms with E-state index in [4.69, 9.17) is 5.73 Å². The lowest BCUT2D eigenvalue weighted by Gasteiger charge is -2.10. The van der Waals surface area contributed by atoms with Crippen molar-refractivity contribution < 1.29 is 14.0 Å². The van der Waals surface area contributed by atoms with Crippen LogP contribution in [0.4, 0.5) is 10.1 Å². The minimum atomic E-state index is -0.548. The molecule has 3 rings (SSSR count). The summed E-state index contributed by atoms with van der Waals surface area (Å²) in [5.74, 6) is -1.58. The number of rotatable bonds is 4. The molecule has 0 fully saturated rings. The standard InChI is InChI=1S/C18H14FN3O2/c1-2-16(23)22-15-9-10(3-6-14(15)19)11-4-5-13(18(20)24)17-12(11)7-8-21-17/h2-9,21H,1H2,(H2,20,24)(H,22,23). The predicted octanol–water partition coefficient (Wildman–Crippen LogP) is 3.20. The summed E-state index contributed by atoms with van der Waals surface area (Å²) in [6, 6.07) is 9.56. The average molecular weight is 323 g/mol. The predicted molar refractivity (Wildman–Crippen MR) is 91.0 cm³/mol. The topological polar surface area (TPSA) is 88.0 Å². The highest BCUT2D eigenvalue weighted by atomic mass is 19.1. The summed E-state index contributed by atoms with van der Waals surface area (Å²) in [5.41, 5.74) is 7.89. The number of hydrogen-bond acceptors (Lipinski definition) is 2. The van der Waals surface area contributed by atoms with Gasteiger partial charge in [0, 0.05) is 11.6 Å². The van der Waals surface area contributed by atoms with Crippen molar-refractivity contribution in [3.63, 3.8) is 0 Å². The van der Waals surface area contributed by atoms with Crippen molar-refractivity contribution in [1.82, 2.24) is 4.98 Å². The second-order valence-electron chi connectivity index (χ2n) is 5.18. The Kier molecular flexibility index (Phi) is 3.87. The molecule has 0 aliphatic heterocycles. The summed E-state index contributed by atoms with van der Waals surface area (Å²) in [6.45, 7) is 3.34. The van der Waals surface area contributed by atoms with Gasteiger partial charge in [0.2, 0.25) is 5.91 Å². The molecular weight excluding hydrogens is 309 g/mol. The van der Waals surface area contributed by atoms with Gasteiger partial charge in [0.15, 0.2) is 0 Å². The minimum Gasteiger partial charge on any atom is -0.366 e. The second kappa shape index (κ2) is 6.00. The molecule has 0 saturated carbocycles. The van der Waals surface area contributed by atoms with Crippen LogP contribution < -0.4 is 11.1 Å². The van der Waals surface area contributed by atoms with E-state index >= 15 is 0 Å². The Bertz CT molecular complexity index is 976. The van der Waals surface area contributed by atoms with Gasteiger partial charge >= 0.3 is 0 Å². The van der Waals surface area contributed by atoms with Gasteiger partial charge in [-0.15, -0.1) is 0 Å². The summed E-state index contributed by atoms with van der Waals surface area (Å²) in [5, 5.41) is 3.20. The number of carbonyl (C=O) groups excluding carboxylic acids is 2. The van der Waals surface area contributed by atoms with Crippen molar-refractivity contribution in [3.8, 4) is 11.1 Å². The van der Waals surface area contributed by atoms with Crippen molar-refractivity contribution in [2.24, 2.45) is 5.73 Å². The fourth-order valence-electron chi connectivity index (χ4n) is 2.59. The van der Waals surface area contributed by atoms with E-state index in [-0.39, 0.29) is 5.69 Å². The van der Waals surface area contributed by atoms with Gasteiger partial charge in [-0.25, -0.2) is 4.39 Å². The van der Waals surface area contributed by atoms with Gasteiger partial charge in [0.1, 0.15) is 5.82 Å². The van der Waals surface area contributed by atoms with Gasteiger partial charge in [-0.3, -0.25) is 9.59 Å². The Hall–Kier alpha value is -3.41. The smallest absolute Gasteiger partial charge is 0.250 e. The monoisotopic (exact) mass is 323 g/mol. The normalized spacial score (nSPS) is 10.5. The van der Waals surface area contributed by atoms with E-state index in [0.717, 1.165) is 17.0 Å². The maximum absolute atomic E-state index is 13.9. The molecule has 1 aromatic heterocycles. The lowest BCUT2D eigenvalue weighted by atomic mass is 9.98. The molecule has 4 N–H and O–H groups in total. The number of primary amides is 1. The van der Waals surface area contributed by atoms with Gasteiger partial charge in [-0.1, -0.05) is 18.7 Å². The van der Waals surface area contributed by atoms with E-state index in [1.807, 2.05) is 6.07 Å². The molecule has 0 aliphatic carbocycles. The Morgan fingerprint density at radius 1 is 1.21 bits per heavy atom. The molecule has 0 atom stereocenters. The Balaban J connectivity index is 2.14. The van der Waals surface area contributed by atoms with Gasteiger partial charge < -0.3 is 16.0 Å². The van der Waals surface area contributed by atoms with Crippen LogP contribution in [-0.4, -0.2) is 16.8 Å². The van der Waals surface area contributed by atoms with E-state index in [9.17, 15) is 14.0 Å². The molecule has 3 aromatic rings. The first-order valence-corrected chi connectivity index (χ1v) is 7.14. The van der Waals surface area contributed by atoms with Crippen LogP contribution in [0, 0.1) is 5.82 Å². The third kappa shape index (κ3) is 2.65. The van der Waals surface area contributed by atoms with Crippen LogP contribution in [0.25, 0.3) is 22.0 Å². The van der Waals surface area contributed by atoms with E-state index in [1.54, 1.807) is 24.4 Å². The molecule has 0 radical (unpaired) electrons. The molecule has 6 heteroatoms. The zero-order chi connectivity index (χ0) is 17.3. The van der Waals surface area contributed by atoms with Crippen LogP contribution in [0.15, 0.2) is 55.3 Å². The fraction of sp³-hybridized carbons (Fsp3) is 0. The molecule has 0 aliphatic rings. The van der Waals surface area contributed by atoms with Crippen LogP contribution >= 0.6 is 0 Å². The largest absolute Gasteiger partial charge is 0.366 e. The number of benzene rings is 2. The highest BCUT2D eigenvalue weighted by Crippen LogP contribution is 2.32. The molecule has 0 unspecified atom stereocenters.